The number of pyridine rings is 1. The van der Waals surface area contributed by atoms with Crippen molar-refractivity contribution in [3.05, 3.63) is 24.4 Å². The third-order valence-corrected chi connectivity index (χ3v) is 3.04. The van der Waals surface area contributed by atoms with Gasteiger partial charge in [-0.3, -0.25) is 4.79 Å². The molecule has 1 heterocycles. The summed E-state index contributed by atoms with van der Waals surface area (Å²) in [4.78, 5) is 15.9. The summed E-state index contributed by atoms with van der Waals surface area (Å²) in [5, 5.41) is 3.70. The predicted octanol–water partition coefficient (Wildman–Crippen LogP) is 2.33. The fourth-order valence-electron chi connectivity index (χ4n) is 1.10. The van der Waals surface area contributed by atoms with Crippen molar-refractivity contribution in [2.24, 2.45) is 5.92 Å². The second-order valence-corrected chi connectivity index (χ2v) is 5.43. The zero-order valence-corrected chi connectivity index (χ0v) is 10.8. The number of carbonyl (C=O) groups is 1. The minimum Gasteiger partial charge on any atom is -0.355 e. The van der Waals surface area contributed by atoms with Crippen LogP contribution in [0.25, 0.3) is 0 Å². The number of nitrogens with one attached hydrogen (secondary N) is 1. The smallest absolute Gasteiger partial charge is 0.233 e. The van der Waals surface area contributed by atoms with Crippen molar-refractivity contribution in [2.75, 3.05) is 6.54 Å². The van der Waals surface area contributed by atoms with Crippen molar-refractivity contribution in [1.29, 1.82) is 0 Å². The Bertz CT molecular complexity index is 327. The van der Waals surface area contributed by atoms with Gasteiger partial charge >= 0.3 is 0 Å². The number of hydrogen-bond donors (Lipinski definition) is 1. The molecule has 0 aliphatic heterocycles. The van der Waals surface area contributed by atoms with Gasteiger partial charge < -0.3 is 5.32 Å². The topological polar surface area (TPSA) is 42.0 Å². The van der Waals surface area contributed by atoms with Crippen LogP contribution in [0.5, 0.6) is 0 Å². The summed E-state index contributed by atoms with van der Waals surface area (Å²) in [6.07, 6.45) is 1.74. The zero-order valence-electron chi connectivity index (χ0n) is 9.93. The Hall–Kier alpha value is -1.03. The van der Waals surface area contributed by atoms with Gasteiger partial charge in [-0.1, -0.05) is 31.7 Å². The van der Waals surface area contributed by atoms with Crippen LogP contribution in [0.3, 0.4) is 0 Å². The molecule has 3 nitrogen and oxygen atoms in total. The second-order valence-electron chi connectivity index (χ2n) is 4.07. The van der Waals surface area contributed by atoms with E-state index in [0.29, 0.717) is 5.92 Å². The molecule has 0 bridgehead atoms. The fraction of sp³-hybridized carbons (Fsp3) is 0.500. The van der Waals surface area contributed by atoms with E-state index in [9.17, 15) is 4.79 Å². The van der Waals surface area contributed by atoms with E-state index in [1.54, 1.807) is 6.20 Å². The molecule has 1 N–H and O–H groups in total. The molecule has 1 aromatic rings. The van der Waals surface area contributed by atoms with Gasteiger partial charge in [-0.05, 0) is 25.0 Å². The van der Waals surface area contributed by atoms with Gasteiger partial charge in [0.25, 0.3) is 0 Å². The van der Waals surface area contributed by atoms with E-state index in [-0.39, 0.29) is 11.2 Å². The molecule has 0 spiro atoms. The lowest BCUT2D eigenvalue weighted by atomic mass is 10.2. The molecule has 0 fully saturated rings. The molecule has 1 amide bonds. The van der Waals surface area contributed by atoms with Gasteiger partial charge in [0.05, 0.1) is 10.3 Å². The summed E-state index contributed by atoms with van der Waals surface area (Å²) < 4.78 is 0. The molecule has 4 heteroatoms. The molecule has 0 saturated carbocycles. The summed E-state index contributed by atoms with van der Waals surface area (Å²) >= 11 is 1.48. The lowest BCUT2D eigenvalue weighted by molar-refractivity contribution is -0.120. The number of rotatable bonds is 5. The van der Waals surface area contributed by atoms with Crippen molar-refractivity contribution < 1.29 is 4.79 Å². The normalized spacial score (nSPS) is 12.5. The van der Waals surface area contributed by atoms with Gasteiger partial charge in [-0.15, -0.1) is 0 Å². The van der Waals surface area contributed by atoms with E-state index in [4.69, 9.17) is 0 Å². The number of nitrogens with zero attached hydrogens (tertiary/aromatic N) is 1. The number of hydrogen-bond acceptors (Lipinski definition) is 3. The van der Waals surface area contributed by atoms with Crippen LogP contribution < -0.4 is 5.32 Å². The summed E-state index contributed by atoms with van der Waals surface area (Å²) in [5.41, 5.74) is 0. The molecule has 1 rings (SSSR count). The number of amides is 1. The monoisotopic (exact) mass is 238 g/mol. The maximum atomic E-state index is 11.7. The van der Waals surface area contributed by atoms with Crippen LogP contribution in [0.4, 0.5) is 0 Å². The van der Waals surface area contributed by atoms with Crippen molar-refractivity contribution in [2.45, 2.75) is 31.0 Å². The van der Waals surface area contributed by atoms with E-state index in [1.807, 2.05) is 25.1 Å². The van der Waals surface area contributed by atoms with Crippen LogP contribution in [0.1, 0.15) is 20.8 Å². The van der Waals surface area contributed by atoms with E-state index < -0.39 is 0 Å². The first-order chi connectivity index (χ1) is 7.59. The van der Waals surface area contributed by atoms with Gasteiger partial charge in [0, 0.05) is 12.7 Å². The third-order valence-electron chi connectivity index (χ3n) is 1.99. The lowest BCUT2D eigenvalue weighted by Crippen LogP contribution is -2.33. The van der Waals surface area contributed by atoms with Gasteiger partial charge in [-0.2, -0.15) is 0 Å². The highest BCUT2D eigenvalue weighted by Gasteiger charge is 2.14. The van der Waals surface area contributed by atoms with E-state index >= 15 is 0 Å². The number of thioether (sulfide) groups is 1. The predicted molar refractivity (Wildman–Crippen MR) is 67.4 cm³/mol. The van der Waals surface area contributed by atoms with E-state index in [1.165, 1.54) is 11.8 Å². The highest BCUT2D eigenvalue weighted by Crippen LogP contribution is 2.20. The van der Waals surface area contributed by atoms with E-state index in [2.05, 4.69) is 24.1 Å². The van der Waals surface area contributed by atoms with E-state index in [0.717, 1.165) is 11.6 Å². The standard InChI is InChI=1S/C12H18N2OS/c1-9(2)8-14-12(15)10(3)16-11-6-4-5-7-13-11/h4-7,9-10H,8H2,1-3H3,(H,14,15)/t10-/m0/s1. The third kappa shape index (κ3) is 4.66. The number of aromatic nitrogens is 1. The molecule has 1 aromatic heterocycles. The molecule has 16 heavy (non-hydrogen) atoms. The van der Waals surface area contributed by atoms with Crippen LogP contribution in [0.2, 0.25) is 0 Å². The maximum absolute atomic E-state index is 11.7. The van der Waals surface area contributed by atoms with Crippen molar-refractivity contribution >= 4 is 17.7 Å². The molecule has 88 valence electrons. The number of carbonyl (C=O) groups excluding carboxylic acids is 1. The van der Waals surface area contributed by atoms with Crippen LogP contribution in [-0.2, 0) is 4.79 Å². The summed E-state index contributed by atoms with van der Waals surface area (Å²) in [5.74, 6) is 0.556. The minimum atomic E-state index is -0.103. The molecule has 0 unspecified atom stereocenters. The fourth-order valence-corrected chi connectivity index (χ4v) is 1.93. The van der Waals surface area contributed by atoms with Crippen LogP contribution in [-0.4, -0.2) is 22.7 Å². The summed E-state index contributed by atoms with van der Waals surface area (Å²) in [7, 11) is 0. The Morgan fingerprint density at radius 1 is 1.44 bits per heavy atom. The maximum Gasteiger partial charge on any atom is 0.233 e. The zero-order chi connectivity index (χ0) is 12.0. The molecule has 0 saturated heterocycles. The van der Waals surface area contributed by atoms with Crippen LogP contribution in [0.15, 0.2) is 29.4 Å². The Morgan fingerprint density at radius 2 is 2.19 bits per heavy atom. The van der Waals surface area contributed by atoms with Crippen molar-refractivity contribution in [3.63, 3.8) is 0 Å². The van der Waals surface area contributed by atoms with Gasteiger partial charge in [-0.25, -0.2) is 4.98 Å². The lowest BCUT2D eigenvalue weighted by Gasteiger charge is -2.12. The SMILES string of the molecule is CC(C)CNC(=O)[C@H](C)Sc1ccccn1. The molecule has 0 radical (unpaired) electrons. The van der Waals surface area contributed by atoms with Crippen LogP contribution >= 0.6 is 11.8 Å². The molecule has 1 atom stereocenters. The minimum absolute atomic E-state index is 0.0735. The van der Waals surface area contributed by atoms with Gasteiger partial charge in [0.1, 0.15) is 0 Å². The first-order valence-corrected chi connectivity index (χ1v) is 6.33. The second kappa shape index (κ2) is 6.53. The van der Waals surface area contributed by atoms with Gasteiger partial charge in [0.2, 0.25) is 5.91 Å². The summed E-state index contributed by atoms with van der Waals surface area (Å²) in [6.45, 7) is 6.79. The van der Waals surface area contributed by atoms with Crippen molar-refractivity contribution in [1.82, 2.24) is 10.3 Å². The first-order valence-electron chi connectivity index (χ1n) is 5.45. The van der Waals surface area contributed by atoms with Gasteiger partial charge in [0.15, 0.2) is 0 Å². The average Bonchev–Trinajstić information content (AvgIpc) is 2.27. The Labute approximate surface area is 101 Å². The van der Waals surface area contributed by atoms with Crippen LogP contribution in [0, 0.1) is 5.92 Å². The Morgan fingerprint density at radius 3 is 2.75 bits per heavy atom. The quantitative estimate of drug-likeness (QED) is 0.801. The molecular formula is C12H18N2OS. The Kier molecular flexibility index (Phi) is 5.32. The summed E-state index contributed by atoms with van der Waals surface area (Å²) in [6, 6.07) is 5.71. The highest BCUT2D eigenvalue weighted by molar-refractivity contribution is 8.00. The molecule has 0 aromatic carbocycles. The largest absolute Gasteiger partial charge is 0.355 e. The average molecular weight is 238 g/mol. The highest BCUT2D eigenvalue weighted by atomic mass is 32.2. The van der Waals surface area contributed by atoms with Crippen molar-refractivity contribution in [3.8, 4) is 0 Å². The Balaban J connectivity index is 2.40. The first kappa shape index (κ1) is 13.0. The molecule has 0 aliphatic rings. The molecular weight excluding hydrogens is 220 g/mol. The molecule has 0 aliphatic carbocycles.